The van der Waals surface area contributed by atoms with E-state index < -0.39 is 6.10 Å². The van der Waals surface area contributed by atoms with Crippen molar-refractivity contribution >= 4 is 34.8 Å². The number of fused-ring (bicyclic) bond motifs is 1. The van der Waals surface area contributed by atoms with Gasteiger partial charge in [-0.25, -0.2) is 0 Å². The number of aryl methyl sites for hydroxylation is 2. The second-order valence-corrected chi connectivity index (χ2v) is 8.29. The third-order valence-corrected chi connectivity index (χ3v) is 5.79. The molecule has 2 aliphatic heterocycles. The highest BCUT2D eigenvalue weighted by Crippen LogP contribution is 2.34. The van der Waals surface area contributed by atoms with Crippen molar-refractivity contribution < 1.29 is 19.1 Å². The summed E-state index contributed by atoms with van der Waals surface area (Å²) in [5.74, 6) is 0.307. The van der Waals surface area contributed by atoms with E-state index in [1.54, 1.807) is 4.90 Å². The summed E-state index contributed by atoms with van der Waals surface area (Å²) >= 11 is 6.34. The standard InChI is InChI=1S/C23H26ClN3O4/c1-15-11-16(2)22(17(24)12-15)25-21(28)14-27-13-20(23(29)26-7-9-30-10-8-26)31-19-6-4-3-5-18(19)27/h3-6,11-12,20H,7-10,13-14H2,1-2H3,(H,25,28)/t20-/m0/s1. The fourth-order valence-corrected chi connectivity index (χ4v) is 4.37. The molecule has 1 atom stereocenters. The van der Waals surface area contributed by atoms with E-state index in [1.165, 1.54) is 0 Å². The van der Waals surface area contributed by atoms with Crippen LogP contribution in [0, 0.1) is 13.8 Å². The maximum atomic E-state index is 13.0. The number of anilines is 2. The average Bonchev–Trinajstić information content (AvgIpc) is 2.76. The molecular formula is C23H26ClN3O4. The van der Waals surface area contributed by atoms with E-state index in [2.05, 4.69) is 5.32 Å². The van der Waals surface area contributed by atoms with E-state index in [9.17, 15) is 9.59 Å². The lowest BCUT2D eigenvalue weighted by Gasteiger charge is -2.38. The topological polar surface area (TPSA) is 71.1 Å². The van der Waals surface area contributed by atoms with Gasteiger partial charge in [-0.05, 0) is 43.2 Å². The zero-order valence-corrected chi connectivity index (χ0v) is 18.4. The molecule has 8 heteroatoms. The molecule has 7 nitrogen and oxygen atoms in total. The molecular weight excluding hydrogens is 418 g/mol. The van der Waals surface area contributed by atoms with Crippen molar-refractivity contribution in [2.45, 2.75) is 20.0 Å². The van der Waals surface area contributed by atoms with Crippen LogP contribution in [0.15, 0.2) is 36.4 Å². The SMILES string of the molecule is Cc1cc(C)c(NC(=O)CN2C[C@@H](C(=O)N3CCOCC3)Oc3ccccc32)c(Cl)c1. The molecule has 0 saturated carbocycles. The highest BCUT2D eigenvalue weighted by atomic mass is 35.5. The number of nitrogens with zero attached hydrogens (tertiary/aromatic N) is 2. The van der Waals surface area contributed by atoms with E-state index in [0.717, 1.165) is 16.8 Å². The van der Waals surface area contributed by atoms with Crippen LogP contribution in [0.5, 0.6) is 5.75 Å². The lowest BCUT2D eigenvalue weighted by Crippen LogP contribution is -2.53. The van der Waals surface area contributed by atoms with E-state index in [4.69, 9.17) is 21.1 Å². The number of nitrogens with one attached hydrogen (secondary N) is 1. The summed E-state index contributed by atoms with van der Waals surface area (Å²) in [6.45, 7) is 6.39. The van der Waals surface area contributed by atoms with Crippen LogP contribution in [-0.2, 0) is 14.3 Å². The van der Waals surface area contributed by atoms with Gasteiger partial charge in [0.25, 0.3) is 5.91 Å². The molecule has 0 radical (unpaired) electrons. The Labute approximate surface area is 186 Å². The predicted octanol–water partition coefficient (Wildman–Crippen LogP) is 3.02. The molecule has 2 aliphatic rings. The van der Waals surface area contributed by atoms with Gasteiger partial charge in [-0.15, -0.1) is 0 Å². The van der Waals surface area contributed by atoms with Crippen molar-refractivity contribution in [1.82, 2.24) is 4.90 Å². The highest BCUT2D eigenvalue weighted by Gasteiger charge is 2.34. The van der Waals surface area contributed by atoms with E-state index in [-0.39, 0.29) is 18.4 Å². The maximum Gasteiger partial charge on any atom is 0.265 e. The molecule has 0 aromatic heterocycles. The summed E-state index contributed by atoms with van der Waals surface area (Å²) in [7, 11) is 0. The molecule has 2 aromatic rings. The second kappa shape index (κ2) is 9.16. The van der Waals surface area contributed by atoms with Gasteiger partial charge in [0.2, 0.25) is 5.91 Å². The Kier molecular flexibility index (Phi) is 6.34. The van der Waals surface area contributed by atoms with Crippen LogP contribution in [-0.4, -0.2) is 62.2 Å². The van der Waals surface area contributed by atoms with Crippen LogP contribution in [0.25, 0.3) is 0 Å². The molecule has 1 fully saturated rings. The Morgan fingerprint density at radius 2 is 1.90 bits per heavy atom. The number of para-hydroxylation sites is 2. The minimum Gasteiger partial charge on any atom is -0.477 e. The maximum absolute atomic E-state index is 13.0. The van der Waals surface area contributed by atoms with Crippen LogP contribution >= 0.6 is 11.6 Å². The molecule has 2 heterocycles. The number of rotatable bonds is 4. The number of morpholine rings is 1. The summed E-state index contributed by atoms with van der Waals surface area (Å²) < 4.78 is 11.3. The zero-order chi connectivity index (χ0) is 22.0. The first-order valence-corrected chi connectivity index (χ1v) is 10.7. The van der Waals surface area contributed by atoms with Crippen molar-refractivity contribution in [2.24, 2.45) is 0 Å². The number of halogens is 1. The van der Waals surface area contributed by atoms with E-state index >= 15 is 0 Å². The number of hydrogen-bond acceptors (Lipinski definition) is 5. The van der Waals surface area contributed by atoms with Gasteiger partial charge in [-0.3, -0.25) is 9.59 Å². The number of amides is 2. The first-order chi connectivity index (χ1) is 14.9. The molecule has 1 N–H and O–H groups in total. The van der Waals surface area contributed by atoms with E-state index in [1.807, 2.05) is 55.1 Å². The summed E-state index contributed by atoms with van der Waals surface area (Å²) in [4.78, 5) is 29.5. The van der Waals surface area contributed by atoms with Crippen molar-refractivity contribution in [3.8, 4) is 5.75 Å². The van der Waals surface area contributed by atoms with Crippen molar-refractivity contribution in [3.63, 3.8) is 0 Å². The molecule has 2 aromatic carbocycles. The summed E-state index contributed by atoms with van der Waals surface area (Å²) in [5.41, 5.74) is 3.34. The molecule has 4 rings (SSSR count). The summed E-state index contributed by atoms with van der Waals surface area (Å²) in [6.07, 6.45) is -0.675. The van der Waals surface area contributed by atoms with Crippen LogP contribution in [0.2, 0.25) is 5.02 Å². The zero-order valence-electron chi connectivity index (χ0n) is 17.7. The Hall–Kier alpha value is -2.77. The minimum absolute atomic E-state index is 0.0803. The lowest BCUT2D eigenvalue weighted by atomic mass is 10.1. The van der Waals surface area contributed by atoms with Gasteiger partial charge in [0.1, 0.15) is 5.75 Å². The van der Waals surface area contributed by atoms with Gasteiger partial charge < -0.3 is 24.6 Å². The normalized spacial score (nSPS) is 18.2. The Bertz CT molecular complexity index is 968. The first-order valence-electron chi connectivity index (χ1n) is 10.4. The van der Waals surface area contributed by atoms with Gasteiger partial charge in [0, 0.05) is 13.1 Å². The Morgan fingerprint density at radius 3 is 2.65 bits per heavy atom. The Morgan fingerprint density at radius 1 is 1.16 bits per heavy atom. The van der Waals surface area contributed by atoms with Crippen LogP contribution in [0.1, 0.15) is 11.1 Å². The fourth-order valence-electron chi connectivity index (χ4n) is 4.00. The van der Waals surface area contributed by atoms with Gasteiger partial charge in [0.15, 0.2) is 6.10 Å². The van der Waals surface area contributed by atoms with Crippen LogP contribution < -0.4 is 15.0 Å². The third kappa shape index (κ3) is 4.78. The van der Waals surface area contributed by atoms with Crippen molar-refractivity contribution in [2.75, 3.05) is 49.6 Å². The smallest absolute Gasteiger partial charge is 0.265 e. The second-order valence-electron chi connectivity index (χ2n) is 7.88. The van der Waals surface area contributed by atoms with Crippen molar-refractivity contribution in [3.05, 3.63) is 52.5 Å². The van der Waals surface area contributed by atoms with Gasteiger partial charge in [0.05, 0.1) is 42.7 Å². The minimum atomic E-state index is -0.675. The molecule has 0 bridgehead atoms. The largest absolute Gasteiger partial charge is 0.477 e. The molecule has 0 spiro atoms. The number of benzene rings is 2. The van der Waals surface area contributed by atoms with Gasteiger partial charge in [-0.2, -0.15) is 0 Å². The van der Waals surface area contributed by atoms with Crippen LogP contribution in [0.3, 0.4) is 0 Å². The number of hydrogen-bond donors (Lipinski definition) is 1. The molecule has 1 saturated heterocycles. The molecule has 0 unspecified atom stereocenters. The third-order valence-electron chi connectivity index (χ3n) is 5.49. The number of carbonyl (C=O) groups excluding carboxylic acids is 2. The van der Waals surface area contributed by atoms with Crippen molar-refractivity contribution in [1.29, 1.82) is 0 Å². The summed E-state index contributed by atoms with van der Waals surface area (Å²) in [5, 5.41) is 3.43. The number of carbonyl (C=O) groups is 2. The molecule has 31 heavy (non-hydrogen) atoms. The molecule has 2 amide bonds. The van der Waals surface area contributed by atoms with Crippen LogP contribution in [0.4, 0.5) is 11.4 Å². The molecule has 0 aliphatic carbocycles. The monoisotopic (exact) mass is 443 g/mol. The predicted molar refractivity (Wildman–Crippen MR) is 120 cm³/mol. The highest BCUT2D eigenvalue weighted by molar-refractivity contribution is 6.34. The molecule has 164 valence electrons. The number of ether oxygens (including phenoxy) is 2. The fraction of sp³-hybridized carbons (Fsp3) is 0.391. The first kappa shape index (κ1) is 21.5. The quantitative estimate of drug-likeness (QED) is 0.786. The van der Waals surface area contributed by atoms with E-state index in [0.29, 0.717) is 49.3 Å². The summed E-state index contributed by atoms with van der Waals surface area (Å²) in [6, 6.07) is 11.3. The van der Waals surface area contributed by atoms with Gasteiger partial charge in [-0.1, -0.05) is 29.8 Å². The average molecular weight is 444 g/mol. The lowest BCUT2D eigenvalue weighted by molar-refractivity contribution is -0.142. The van der Waals surface area contributed by atoms with Gasteiger partial charge >= 0.3 is 0 Å². The Balaban J connectivity index is 1.51.